The fourth-order valence-corrected chi connectivity index (χ4v) is 3.34. The quantitative estimate of drug-likeness (QED) is 0.752. The van der Waals surface area contributed by atoms with Crippen molar-refractivity contribution in [2.24, 2.45) is 5.92 Å². The van der Waals surface area contributed by atoms with Crippen LogP contribution in [0.1, 0.15) is 25.7 Å². The Morgan fingerprint density at radius 1 is 1.25 bits per heavy atom. The van der Waals surface area contributed by atoms with Crippen molar-refractivity contribution < 1.29 is 13.2 Å². The highest BCUT2D eigenvalue weighted by Crippen LogP contribution is 2.24. The van der Waals surface area contributed by atoms with Crippen molar-refractivity contribution >= 4 is 15.7 Å². The molecule has 0 atom stereocenters. The number of benzene rings is 1. The topological polar surface area (TPSA) is 81.4 Å². The van der Waals surface area contributed by atoms with Crippen molar-refractivity contribution in [2.75, 3.05) is 24.6 Å². The molecule has 2 rings (SSSR count). The van der Waals surface area contributed by atoms with Crippen molar-refractivity contribution in [2.45, 2.75) is 25.7 Å². The van der Waals surface area contributed by atoms with Gasteiger partial charge in [-0.2, -0.15) is 0 Å². The van der Waals surface area contributed by atoms with Crippen LogP contribution in [0.4, 0.5) is 5.69 Å². The Bertz CT molecular complexity index is 525. The van der Waals surface area contributed by atoms with Gasteiger partial charge in [-0.3, -0.25) is 0 Å². The van der Waals surface area contributed by atoms with Crippen LogP contribution in [0, 0.1) is 5.92 Å². The number of nitrogens with two attached hydrogens (primary N) is 1. The molecule has 0 unspecified atom stereocenters. The van der Waals surface area contributed by atoms with Crippen LogP contribution in [0.3, 0.4) is 0 Å². The standard InChI is InChI=1S/C14H22N2O3S/c15-13-7-3-4-8-14(13)19-9-10-20(17,18)16-11-12-5-1-2-6-12/h3-4,7-8,12,16H,1-2,5-6,9-11,15H2. The van der Waals surface area contributed by atoms with Gasteiger partial charge in [0, 0.05) is 6.54 Å². The summed E-state index contributed by atoms with van der Waals surface area (Å²) in [4.78, 5) is 0. The number of rotatable bonds is 7. The molecule has 3 N–H and O–H groups in total. The van der Waals surface area contributed by atoms with E-state index in [2.05, 4.69) is 4.72 Å². The summed E-state index contributed by atoms with van der Waals surface area (Å²) in [5.74, 6) is 0.975. The summed E-state index contributed by atoms with van der Waals surface area (Å²) >= 11 is 0. The average Bonchev–Trinajstić information content (AvgIpc) is 2.92. The molecule has 5 nitrogen and oxygen atoms in total. The van der Waals surface area contributed by atoms with E-state index in [0.717, 1.165) is 12.8 Å². The molecule has 1 aromatic carbocycles. The van der Waals surface area contributed by atoms with E-state index in [-0.39, 0.29) is 12.4 Å². The van der Waals surface area contributed by atoms with Gasteiger partial charge in [-0.25, -0.2) is 13.1 Å². The number of anilines is 1. The largest absolute Gasteiger partial charge is 0.490 e. The zero-order valence-electron chi connectivity index (χ0n) is 11.5. The van der Waals surface area contributed by atoms with E-state index in [4.69, 9.17) is 10.5 Å². The summed E-state index contributed by atoms with van der Waals surface area (Å²) in [5, 5.41) is 0. The first kappa shape index (κ1) is 15.1. The minimum atomic E-state index is -3.27. The predicted molar refractivity (Wildman–Crippen MR) is 80.1 cm³/mol. The van der Waals surface area contributed by atoms with Crippen molar-refractivity contribution in [1.82, 2.24) is 4.72 Å². The smallest absolute Gasteiger partial charge is 0.214 e. The molecule has 1 fully saturated rings. The van der Waals surface area contributed by atoms with Gasteiger partial charge in [0.25, 0.3) is 0 Å². The highest BCUT2D eigenvalue weighted by molar-refractivity contribution is 7.89. The second-order valence-corrected chi connectivity index (χ2v) is 7.13. The first-order chi connectivity index (χ1) is 9.57. The lowest BCUT2D eigenvalue weighted by molar-refractivity contribution is 0.342. The summed E-state index contributed by atoms with van der Waals surface area (Å²) in [6.45, 7) is 0.657. The van der Waals surface area contributed by atoms with Gasteiger partial charge in [0.05, 0.1) is 11.4 Å². The molecule has 1 aliphatic carbocycles. The second-order valence-electron chi connectivity index (χ2n) is 5.20. The second kappa shape index (κ2) is 6.95. The van der Waals surface area contributed by atoms with E-state index >= 15 is 0 Å². The SMILES string of the molecule is Nc1ccccc1OCCS(=O)(=O)NCC1CCCC1. The molecule has 1 aliphatic rings. The van der Waals surface area contributed by atoms with E-state index < -0.39 is 10.0 Å². The molecule has 0 heterocycles. The molecule has 1 saturated carbocycles. The highest BCUT2D eigenvalue weighted by atomic mass is 32.2. The minimum absolute atomic E-state index is 0.0476. The van der Waals surface area contributed by atoms with Crippen LogP contribution < -0.4 is 15.2 Å². The predicted octanol–water partition coefficient (Wildman–Crippen LogP) is 1.76. The van der Waals surface area contributed by atoms with Gasteiger partial charge >= 0.3 is 0 Å². The molecular weight excluding hydrogens is 276 g/mol. The monoisotopic (exact) mass is 298 g/mol. The molecule has 0 saturated heterocycles. The van der Waals surface area contributed by atoms with Crippen LogP contribution >= 0.6 is 0 Å². The number of para-hydroxylation sites is 2. The minimum Gasteiger partial charge on any atom is -0.490 e. The van der Waals surface area contributed by atoms with E-state index in [1.807, 2.05) is 6.07 Å². The lowest BCUT2D eigenvalue weighted by Gasteiger charge is -2.12. The molecule has 1 aromatic rings. The first-order valence-corrected chi connectivity index (χ1v) is 8.67. The molecule has 0 radical (unpaired) electrons. The Morgan fingerprint density at radius 2 is 1.95 bits per heavy atom. The maximum absolute atomic E-state index is 11.8. The maximum atomic E-state index is 11.8. The maximum Gasteiger partial charge on any atom is 0.214 e. The van der Waals surface area contributed by atoms with E-state index in [1.165, 1.54) is 12.8 Å². The molecule has 0 amide bonds. The third-order valence-electron chi connectivity index (χ3n) is 3.60. The third-order valence-corrected chi connectivity index (χ3v) is 4.91. The number of hydrogen-bond acceptors (Lipinski definition) is 4. The van der Waals surface area contributed by atoms with Crippen molar-refractivity contribution in [3.63, 3.8) is 0 Å². The lowest BCUT2D eigenvalue weighted by Crippen LogP contribution is -2.32. The van der Waals surface area contributed by atoms with Crippen molar-refractivity contribution in [3.8, 4) is 5.75 Å². The van der Waals surface area contributed by atoms with Gasteiger partial charge < -0.3 is 10.5 Å². The Hall–Kier alpha value is -1.27. The summed E-state index contributed by atoms with van der Waals surface area (Å²) in [6.07, 6.45) is 4.67. The van der Waals surface area contributed by atoms with Crippen LogP contribution in [0.2, 0.25) is 0 Å². The van der Waals surface area contributed by atoms with Gasteiger partial charge in [-0.1, -0.05) is 25.0 Å². The summed E-state index contributed by atoms with van der Waals surface area (Å²) < 4.78 is 31.7. The number of sulfonamides is 1. The normalized spacial score (nSPS) is 16.4. The van der Waals surface area contributed by atoms with Crippen molar-refractivity contribution in [1.29, 1.82) is 0 Å². The zero-order chi connectivity index (χ0) is 14.4. The molecule has 112 valence electrons. The van der Waals surface area contributed by atoms with Gasteiger partial charge in [0.2, 0.25) is 10.0 Å². The van der Waals surface area contributed by atoms with Crippen LogP contribution in [0.25, 0.3) is 0 Å². The molecule has 6 heteroatoms. The highest BCUT2D eigenvalue weighted by Gasteiger charge is 2.18. The molecule has 0 spiro atoms. The number of nitrogen functional groups attached to an aromatic ring is 1. The van der Waals surface area contributed by atoms with E-state index in [0.29, 0.717) is 23.9 Å². The molecule has 20 heavy (non-hydrogen) atoms. The van der Waals surface area contributed by atoms with E-state index in [1.54, 1.807) is 18.2 Å². The van der Waals surface area contributed by atoms with Gasteiger partial charge in [-0.15, -0.1) is 0 Å². The van der Waals surface area contributed by atoms with E-state index in [9.17, 15) is 8.42 Å². The number of nitrogens with one attached hydrogen (secondary N) is 1. The molecule has 0 aromatic heterocycles. The molecular formula is C14H22N2O3S. The first-order valence-electron chi connectivity index (χ1n) is 7.01. The van der Waals surface area contributed by atoms with Crippen LogP contribution in [-0.2, 0) is 10.0 Å². The summed E-state index contributed by atoms with van der Waals surface area (Å²) in [7, 11) is -3.27. The fourth-order valence-electron chi connectivity index (χ4n) is 2.40. The number of ether oxygens (including phenoxy) is 1. The number of hydrogen-bond donors (Lipinski definition) is 2. The molecule has 0 aliphatic heterocycles. The van der Waals surface area contributed by atoms with Crippen LogP contribution in [0.15, 0.2) is 24.3 Å². The average molecular weight is 298 g/mol. The Balaban J connectivity index is 1.73. The summed E-state index contributed by atoms with van der Waals surface area (Å²) in [5.41, 5.74) is 6.24. The van der Waals surface area contributed by atoms with Gasteiger partial charge in [-0.05, 0) is 30.9 Å². The Morgan fingerprint density at radius 3 is 2.65 bits per heavy atom. The zero-order valence-corrected chi connectivity index (χ0v) is 12.4. The third kappa shape index (κ3) is 4.68. The molecule has 0 bridgehead atoms. The van der Waals surface area contributed by atoms with Gasteiger partial charge in [0.1, 0.15) is 12.4 Å². The van der Waals surface area contributed by atoms with Crippen molar-refractivity contribution in [3.05, 3.63) is 24.3 Å². The lowest BCUT2D eigenvalue weighted by atomic mass is 10.1. The van der Waals surface area contributed by atoms with Crippen LogP contribution in [0.5, 0.6) is 5.75 Å². The van der Waals surface area contributed by atoms with Crippen LogP contribution in [-0.4, -0.2) is 27.3 Å². The Kier molecular flexibility index (Phi) is 5.25. The Labute approximate surface area is 120 Å². The fraction of sp³-hybridized carbons (Fsp3) is 0.571. The van der Waals surface area contributed by atoms with Gasteiger partial charge in [0.15, 0.2) is 0 Å². The summed E-state index contributed by atoms with van der Waals surface area (Å²) in [6, 6.07) is 7.07.